The third-order valence-electron chi connectivity index (χ3n) is 2.99. The van der Waals surface area contributed by atoms with Gasteiger partial charge in [-0.3, -0.25) is 0 Å². The maximum Gasteiger partial charge on any atom is 0.154 e. The van der Waals surface area contributed by atoms with Crippen molar-refractivity contribution < 1.29 is 5.11 Å². The molecule has 0 aliphatic heterocycles. The highest BCUT2D eigenvalue weighted by atomic mass is 79.9. The molecule has 0 spiro atoms. The van der Waals surface area contributed by atoms with Gasteiger partial charge in [0.05, 0.1) is 0 Å². The molecule has 1 heterocycles. The van der Waals surface area contributed by atoms with E-state index < -0.39 is 5.60 Å². The summed E-state index contributed by atoms with van der Waals surface area (Å²) < 4.78 is 2.32. The maximum atomic E-state index is 10.6. The lowest BCUT2D eigenvalue weighted by Gasteiger charge is -2.26. The van der Waals surface area contributed by atoms with E-state index in [1.807, 2.05) is 14.0 Å². The van der Waals surface area contributed by atoms with Gasteiger partial charge in [0.1, 0.15) is 11.3 Å². The van der Waals surface area contributed by atoms with Gasteiger partial charge in [-0.15, -0.1) is 5.10 Å². The first-order chi connectivity index (χ1) is 6.59. The highest BCUT2D eigenvalue weighted by Gasteiger charge is 2.47. The molecule has 1 aliphatic rings. The van der Waals surface area contributed by atoms with Crippen LogP contribution in [0.4, 0.5) is 0 Å². The topological polar surface area (TPSA) is 50.9 Å². The third-order valence-corrected chi connectivity index (χ3v) is 3.52. The van der Waals surface area contributed by atoms with Gasteiger partial charge in [-0.1, -0.05) is 12.1 Å². The van der Waals surface area contributed by atoms with Crippen molar-refractivity contribution >= 4 is 15.9 Å². The molecule has 0 amide bonds. The highest BCUT2D eigenvalue weighted by Crippen LogP contribution is 2.48. The normalized spacial score (nSPS) is 20.9. The van der Waals surface area contributed by atoms with Crippen LogP contribution in [-0.2, 0) is 12.6 Å². The van der Waals surface area contributed by atoms with Crippen molar-refractivity contribution in [1.82, 2.24) is 15.0 Å². The fourth-order valence-electron chi connectivity index (χ4n) is 2.00. The lowest BCUT2D eigenvalue weighted by Crippen LogP contribution is -2.30. The summed E-state index contributed by atoms with van der Waals surface area (Å²) in [7, 11) is 1.82. The molecule has 1 N–H and O–H groups in total. The number of aryl methyl sites for hydroxylation is 1. The number of hydrogen-bond acceptors (Lipinski definition) is 3. The molecule has 1 unspecified atom stereocenters. The first-order valence-corrected chi connectivity index (χ1v) is 5.67. The van der Waals surface area contributed by atoms with Crippen molar-refractivity contribution in [2.24, 2.45) is 13.0 Å². The first kappa shape index (κ1) is 10.1. The molecule has 1 atom stereocenters. The van der Waals surface area contributed by atoms with Gasteiger partial charge in [0, 0.05) is 7.05 Å². The third kappa shape index (κ3) is 1.39. The van der Waals surface area contributed by atoms with Gasteiger partial charge in [-0.05, 0) is 41.1 Å². The lowest BCUT2D eigenvalue weighted by molar-refractivity contribution is 0.000382. The van der Waals surface area contributed by atoms with Gasteiger partial charge in [0.2, 0.25) is 0 Å². The molecule has 1 fully saturated rings. The Balaban J connectivity index is 2.44. The Morgan fingerprint density at radius 3 is 2.64 bits per heavy atom. The van der Waals surface area contributed by atoms with Gasteiger partial charge in [-0.2, -0.15) is 0 Å². The Hall–Kier alpha value is -0.420. The average Bonchev–Trinajstić information content (AvgIpc) is 2.94. The number of rotatable bonds is 3. The Bertz CT molecular complexity index is 328. The molecule has 1 aliphatic carbocycles. The van der Waals surface area contributed by atoms with Crippen molar-refractivity contribution in [3.05, 3.63) is 10.3 Å². The Morgan fingerprint density at radius 2 is 2.29 bits per heavy atom. The van der Waals surface area contributed by atoms with Gasteiger partial charge < -0.3 is 5.11 Å². The van der Waals surface area contributed by atoms with Crippen LogP contribution in [0.2, 0.25) is 0 Å². The van der Waals surface area contributed by atoms with E-state index in [9.17, 15) is 5.11 Å². The predicted molar refractivity (Wildman–Crippen MR) is 55.6 cm³/mol. The van der Waals surface area contributed by atoms with Crippen LogP contribution in [0.1, 0.15) is 31.9 Å². The zero-order chi connectivity index (χ0) is 10.3. The standard InChI is InChI=1S/C9H14BrN3O/c1-3-9(14,6-4-5-6)7-8(10)11-12-13(7)2/h6,14H,3-5H2,1-2H3. The smallest absolute Gasteiger partial charge is 0.154 e. The molecule has 0 saturated heterocycles. The van der Waals surface area contributed by atoms with Gasteiger partial charge in [-0.25, -0.2) is 4.68 Å². The van der Waals surface area contributed by atoms with E-state index in [4.69, 9.17) is 0 Å². The molecular weight excluding hydrogens is 246 g/mol. The van der Waals surface area contributed by atoms with Crippen LogP contribution in [0.5, 0.6) is 0 Å². The second-order valence-corrected chi connectivity index (χ2v) is 4.66. The van der Waals surface area contributed by atoms with E-state index in [1.54, 1.807) is 4.68 Å². The summed E-state index contributed by atoms with van der Waals surface area (Å²) in [5.41, 5.74) is 0.0550. The molecule has 78 valence electrons. The lowest BCUT2D eigenvalue weighted by atomic mass is 9.91. The van der Waals surface area contributed by atoms with Crippen LogP contribution in [0.25, 0.3) is 0 Å². The van der Waals surface area contributed by atoms with E-state index in [0.29, 0.717) is 16.9 Å². The molecule has 4 nitrogen and oxygen atoms in total. The van der Waals surface area contributed by atoms with Crippen LogP contribution in [-0.4, -0.2) is 20.1 Å². The van der Waals surface area contributed by atoms with Crippen molar-refractivity contribution in [3.8, 4) is 0 Å². The molecule has 0 aromatic carbocycles. The largest absolute Gasteiger partial charge is 0.383 e. The highest BCUT2D eigenvalue weighted by molar-refractivity contribution is 9.10. The zero-order valence-electron chi connectivity index (χ0n) is 8.37. The second kappa shape index (κ2) is 3.31. The van der Waals surface area contributed by atoms with Crippen molar-refractivity contribution in [2.45, 2.75) is 31.8 Å². The summed E-state index contributed by atoms with van der Waals surface area (Å²) in [6, 6.07) is 0. The fourth-order valence-corrected chi connectivity index (χ4v) is 2.67. The number of aliphatic hydroxyl groups is 1. The molecule has 14 heavy (non-hydrogen) atoms. The molecule has 1 aromatic rings. The van der Waals surface area contributed by atoms with Crippen LogP contribution < -0.4 is 0 Å². The average molecular weight is 260 g/mol. The monoisotopic (exact) mass is 259 g/mol. The fraction of sp³-hybridized carbons (Fsp3) is 0.778. The molecular formula is C9H14BrN3O. The summed E-state index contributed by atoms with van der Waals surface area (Å²) >= 11 is 3.34. The van der Waals surface area contributed by atoms with Crippen molar-refractivity contribution in [2.75, 3.05) is 0 Å². The maximum absolute atomic E-state index is 10.6. The van der Waals surface area contributed by atoms with Crippen LogP contribution in [0.3, 0.4) is 0 Å². The molecule has 1 aromatic heterocycles. The van der Waals surface area contributed by atoms with Crippen LogP contribution in [0.15, 0.2) is 4.60 Å². The number of halogens is 1. The minimum atomic E-state index is -0.753. The molecule has 0 bridgehead atoms. The molecule has 0 radical (unpaired) electrons. The number of nitrogens with zero attached hydrogens (tertiary/aromatic N) is 3. The Kier molecular flexibility index (Phi) is 2.39. The quantitative estimate of drug-likeness (QED) is 0.897. The van der Waals surface area contributed by atoms with E-state index in [-0.39, 0.29) is 0 Å². The molecule has 5 heteroatoms. The van der Waals surface area contributed by atoms with E-state index in [0.717, 1.165) is 18.5 Å². The first-order valence-electron chi connectivity index (χ1n) is 4.87. The SMILES string of the molecule is CCC(O)(c1c(Br)nnn1C)C1CC1. The Morgan fingerprint density at radius 1 is 1.64 bits per heavy atom. The zero-order valence-corrected chi connectivity index (χ0v) is 9.95. The predicted octanol–water partition coefficient (Wildman–Crippen LogP) is 1.59. The van der Waals surface area contributed by atoms with Crippen LogP contribution >= 0.6 is 15.9 Å². The Labute approximate surface area is 91.4 Å². The van der Waals surface area contributed by atoms with Crippen LogP contribution in [0, 0.1) is 5.92 Å². The van der Waals surface area contributed by atoms with E-state index >= 15 is 0 Å². The van der Waals surface area contributed by atoms with Gasteiger partial charge in [0.25, 0.3) is 0 Å². The second-order valence-electron chi connectivity index (χ2n) is 3.90. The molecule has 1 saturated carbocycles. The summed E-state index contributed by atoms with van der Waals surface area (Å²) in [4.78, 5) is 0. The number of hydrogen-bond donors (Lipinski definition) is 1. The van der Waals surface area contributed by atoms with E-state index in [2.05, 4.69) is 26.2 Å². The minimum Gasteiger partial charge on any atom is -0.383 e. The van der Waals surface area contributed by atoms with E-state index in [1.165, 1.54) is 0 Å². The molecule has 2 rings (SSSR count). The summed E-state index contributed by atoms with van der Waals surface area (Å²) in [6.45, 7) is 2.00. The number of aromatic nitrogens is 3. The van der Waals surface area contributed by atoms with Crippen molar-refractivity contribution in [1.29, 1.82) is 0 Å². The summed E-state index contributed by atoms with van der Waals surface area (Å²) in [5, 5.41) is 18.4. The summed E-state index contributed by atoms with van der Waals surface area (Å²) in [5.74, 6) is 0.376. The van der Waals surface area contributed by atoms with Gasteiger partial charge >= 0.3 is 0 Å². The summed E-state index contributed by atoms with van der Waals surface area (Å²) in [6.07, 6.45) is 2.90. The van der Waals surface area contributed by atoms with Crippen molar-refractivity contribution in [3.63, 3.8) is 0 Å². The minimum absolute atomic E-state index is 0.376. The van der Waals surface area contributed by atoms with Gasteiger partial charge in [0.15, 0.2) is 4.60 Å².